The van der Waals surface area contributed by atoms with E-state index in [1.807, 2.05) is 24.3 Å². The van der Waals surface area contributed by atoms with E-state index in [1.54, 1.807) is 19.2 Å². The van der Waals surface area contributed by atoms with E-state index in [9.17, 15) is 4.79 Å². The van der Waals surface area contributed by atoms with Gasteiger partial charge in [0.15, 0.2) is 0 Å². The second-order valence-corrected chi connectivity index (χ2v) is 5.09. The summed E-state index contributed by atoms with van der Waals surface area (Å²) < 4.78 is 5.21. The molecule has 2 aromatic carbocycles. The van der Waals surface area contributed by atoms with E-state index in [4.69, 9.17) is 4.74 Å². The molecular weight excluding hydrogens is 262 g/mol. The number of hydrogen-bond acceptors (Lipinski definition) is 2. The number of hydrogen-bond donors (Lipinski definition) is 1. The molecule has 0 aliphatic carbocycles. The number of methoxy groups -OCH3 is 1. The van der Waals surface area contributed by atoms with E-state index >= 15 is 0 Å². The molecule has 110 valence electrons. The molecule has 3 nitrogen and oxygen atoms in total. The van der Waals surface area contributed by atoms with Crippen molar-refractivity contribution in [2.24, 2.45) is 0 Å². The van der Waals surface area contributed by atoms with Gasteiger partial charge in [0.1, 0.15) is 5.75 Å². The van der Waals surface area contributed by atoms with E-state index in [-0.39, 0.29) is 5.91 Å². The summed E-state index contributed by atoms with van der Waals surface area (Å²) in [6.45, 7) is 4.37. The molecule has 0 aliphatic rings. The minimum Gasteiger partial charge on any atom is -0.496 e. The highest BCUT2D eigenvalue weighted by Crippen LogP contribution is 2.22. The number of benzene rings is 2. The van der Waals surface area contributed by atoms with Gasteiger partial charge in [-0.3, -0.25) is 4.79 Å². The van der Waals surface area contributed by atoms with Gasteiger partial charge in [-0.25, -0.2) is 0 Å². The first kappa shape index (κ1) is 15.1. The Morgan fingerprint density at radius 2 is 1.81 bits per heavy atom. The van der Waals surface area contributed by atoms with Crippen LogP contribution in [0, 0.1) is 0 Å². The fourth-order valence-corrected chi connectivity index (χ4v) is 2.16. The highest BCUT2D eigenvalue weighted by atomic mass is 16.5. The van der Waals surface area contributed by atoms with Gasteiger partial charge in [0.25, 0.3) is 5.91 Å². The smallest absolute Gasteiger partial charge is 0.259 e. The first-order valence-corrected chi connectivity index (χ1v) is 7.20. The van der Waals surface area contributed by atoms with Crippen LogP contribution in [0.1, 0.15) is 42.1 Å². The summed E-state index contributed by atoms with van der Waals surface area (Å²) >= 11 is 0. The van der Waals surface area contributed by atoms with Crippen molar-refractivity contribution < 1.29 is 9.53 Å². The van der Waals surface area contributed by atoms with Crippen LogP contribution in [-0.4, -0.2) is 13.0 Å². The first-order chi connectivity index (χ1) is 10.2. The number of nitrogens with one attached hydrogen (secondary N) is 1. The van der Waals surface area contributed by atoms with Gasteiger partial charge in [0.05, 0.1) is 12.7 Å². The average molecular weight is 283 g/mol. The van der Waals surface area contributed by atoms with Crippen LogP contribution in [0.5, 0.6) is 5.75 Å². The monoisotopic (exact) mass is 283 g/mol. The van der Waals surface area contributed by atoms with Crippen LogP contribution in [0.4, 0.5) is 5.69 Å². The van der Waals surface area contributed by atoms with Gasteiger partial charge in [-0.05, 0) is 42.2 Å². The Bertz CT molecular complexity index is 605. The quantitative estimate of drug-likeness (QED) is 0.879. The van der Waals surface area contributed by atoms with Crippen molar-refractivity contribution >= 4 is 11.6 Å². The highest BCUT2D eigenvalue weighted by molar-refractivity contribution is 6.06. The highest BCUT2D eigenvalue weighted by Gasteiger charge is 2.11. The van der Waals surface area contributed by atoms with Gasteiger partial charge >= 0.3 is 0 Å². The summed E-state index contributed by atoms with van der Waals surface area (Å²) in [5.74, 6) is 0.943. The van der Waals surface area contributed by atoms with Crippen LogP contribution in [-0.2, 0) is 0 Å². The molecule has 0 spiro atoms. The topological polar surface area (TPSA) is 38.3 Å². The molecule has 0 aliphatic heterocycles. The van der Waals surface area contributed by atoms with Gasteiger partial charge < -0.3 is 10.1 Å². The lowest BCUT2D eigenvalue weighted by Gasteiger charge is -2.11. The molecule has 0 aromatic heterocycles. The number of carbonyl (C=O) groups is 1. The molecular formula is C18H21NO2. The zero-order chi connectivity index (χ0) is 15.2. The molecule has 1 atom stereocenters. The molecule has 0 heterocycles. The Morgan fingerprint density at radius 1 is 1.14 bits per heavy atom. The SMILES string of the molecule is CCC(C)c1ccc(NC(=O)c2ccccc2OC)cc1. The third kappa shape index (κ3) is 3.63. The van der Waals surface area contributed by atoms with Crippen molar-refractivity contribution in [3.8, 4) is 5.75 Å². The Hall–Kier alpha value is -2.29. The minimum atomic E-state index is -0.163. The number of para-hydroxylation sites is 1. The Labute approximate surface area is 126 Å². The molecule has 2 aromatic rings. The third-order valence-corrected chi connectivity index (χ3v) is 3.70. The summed E-state index contributed by atoms with van der Waals surface area (Å²) in [7, 11) is 1.56. The molecule has 1 amide bonds. The zero-order valence-electron chi connectivity index (χ0n) is 12.7. The van der Waals surface area contributed by atoms with E-state index in [0.29, 0.717) is 17.2 Å². The summed E-state index contributed by atoms with van der Waals surface area (Å²) in [6.07, 6.45) is 1.10. The molecule has 0 saturated heterocycles. The van der Waals surface area contributed by atoms with Crippen molar-refractivity contribution in [3.63, 3.8) is 0 Å². The largest absolute Gasteiger partial charge is 0.496 e. The molecule has 1 unspecified atom stereocenters. The number of anilines is 1. The standard InChI is InChI=1S/C18H21NO2/c1-4-13(2)14-9-11-15(12-10-14)19-18(20)16-7-5-6-8-17(16)21-3/h5-13H,4H2,1-3H3,(H,19,20). The summed E-state index contributed by atoms with van der Waals surface area (Å²) in [6, 6.07) is 15.2. The van der Waals surface area contributed by atoms with Crippen LogP contribution < -0.4 is 10.1 Å². The molecule has 0 bridgehead atoms. The maximum atomic E-state index is 12.3. The summed E-state index contributed by atoms with van der Waals surface area (Å²) in [5.41, 5.74) is 2.61. The number of ether oxygens (including phenoxy) is 1. The van der Waals surface area contributed by atoms with Crippen LogP contribution >= 0.6 is 0 Å². The lowest BCUT2D eigenvalue weighted by molar-refractivity contribution is 0.102. The molecule has 2 rings (SSSR count). The molecule has 0 radical (unpaired) electrons. The van der Waals surface area contributed by atoms with E-state index in [1.165, 1.54) is 5.56 Å². The maximum Gasteiger partial charge on any atom is 0.259 e. The van der Waals surface area contributed by atoms with Crippen LogP contribution in [0.2, 0.25) is 0 Å². The molecule has 0 saturated carbocycles. The summed E-state index contributed by atoms with van der Waals surface area (Å²) in [4.78, 5) is 12.3. The third-order valence-electron chi connectivity index (χ3n) is 3.70. The second kappa shape index (κ2) is 6.93. The van der Waals surface area contributed by atoms with E-state index in [2.05, 4.69) is 31.3 Å². The Morgan fingerprint density at radius 3 is 2.43 bits per heavy atom. The first-order valence-electron chi connectivity index (χ1n) is 7.20. The van der Waals surface area contributed by atoms with Gasteiger partial charge in [0.2, 0.25) is 0 Å². The maximum absolute atomic E-state index is 12.3. The van der Waals surface area contributed by atoms with Crippen LogP contribution in [0.15, 0.2) is 48.5 Å². The zero-order valence-corrected chi connectivity index (χ0v) is 12.7. The van der Waals surface area contributed by atoms with Crippen molar-refractivity contribution in [1.29, 1.82) is 0 Å². The number of carbonyl (C=O) groups excluding carboxylic acids is 1. The van der Waals surface area contributed by atoms with Gasteiger partial charge in [-0.15, -0.1) is 0 Å². The van der Waals surface area contributed by atoms with Crippen LogP contribution in [0.25, 0.3) is 0 Å². The number of amides is 1. The normalized spacial score (nSPS) is 11.8. The molecule has 3 heteroatoms. The average Bonchev–Trinajstić information content (AvgIpc) is 2.54. The molecule has 1 N–H and O–H groups in total. The lowest BCUT2D eigenvalue weighted by atomic mass is 9.98. The van der Waals surface area contributed by atoms with Crippen molar-refractivity contribution in [3.05, 3.63) is 59.7 Å². The Balaban J connectivity index is 2.12. The van der Waals surface area contributed by atoms with E-state index in [0.717, 1.165) is 12.1 Å². The molecule has 21 heavy (non-hydrogen) atoms. The second-order valence-electron chi connectivity index (χ2n) is 5.09. The Kier molecular flexibility index (Phi) is 4.99. The van der Waals surface area contributed by atoms with Gasteiger partial charge in [-0.1, -0.05) is 38.1 Å². The van der Waals surface area contributed by atoms with Gasteiger partial charge in [-0.2, -0.15) is 0 Å². The predicted molar refractivity (Wildman–Crippen MR) is 86.1 cm³/mol. The minimum absolute atomic E-state index is 0.163. The predicted octanol–water partition coefficient (Wildman–Crippen LogP) is 4.46. The van der Waals surface area contributed by atoms with Crippen molar-refractivity contribution in [1.82, 2.24) is 0 Å². The fraction of sp³-hybridized carbons (Fsp3) is 0.278. The van der Waals surface area contributed by atoms with Gasteiger partial charge in [0, 0.05) is 5.69 Å². The summed E-state index contributed by atoms with van der Waals surface area (Å²) in [5, 5.41) is 2.90. The van der Waals surface area contributed by atoms with Crippen molar-refractivity contribution in [2.45, 2.75) is 26.2 Å². The van der Waals surface area contributed by atoms with Crippen molar-refractivity contribution in [2.75, 3.05) is 12.4 Å². The lowest BCUT2D eigenvalue weighted by Crippen LogP contribution is -2.13. The van der Waals surface area contributed by atoms with Crippen LogP contribution in [0.3, 0.4) is 0 Å². The van der Waals surface area contributed by atoms with E-state index < -0.39 is 0 Å². The molecule has 0 fully saturated rings. The number of rotatable bonds is 5. The fourth-order valence-electron chi connectivity index (χ4n) is 2.16.